The zero-order chi connectivity index (χ0) is 13.8. The minimum Gasteiger partial charge on any atom is -0.300 e. The second-order valence-electron chi connectivity index (χ2n) is 4.23. The van der Waals surface area contributed by atoms with Crippen LogP contribution in [-0.4, -0.2) is 11.1 Å². The monoisotopic (exact) mass is 280 g/mol. The first-order valence-electron chi connectivity index (χ1n) is 6.21. The molecule has 0 radical (unpaired) electrons. The summed E-state index contributed by atoms with van der Waals surface area (Å²) in [6, 6.07) is 19.4. The summed E-state index contributed by atoms with van der Waals surface area (Å²) >= 11 is 1.36. The minimum absolute atomic E-state index is 0.103. The molecular formula is C16H12N2OS. The van der Waals surface area contributed by atoms with Crippen LogP contribution in [0.1, 0.15) is 5.56 Å². The normalized spacial score (nSPS) is 18.5. The van der Waals surface area contributed by atoms with E-state index in [-0.39, 0.29) is 5.91 Å². The fourth-order valence-electron chi connectivity index (χ4n) is 1.80. The molecule has 1 aliphatic rings. The van der Waals surface area contributed by atoms with Gasteiger partial charge in [-0.2, -0.15) is 0 Å². The van der Waals surface area contributed by atoms with Crippen LogP contribution in [0.4, 0.5) is 5.69 Å². The van der Waals surface area contributed by atoms with E-state index >= 15 is 0 Å². The van der Waals surface area contributed by atoms with E-state index < -0.39 is 0 Å². The molecule has 0 spiro atoms. The number of aliphatic imine (C=N–C) groups is 1. The molecule has 0 bridgehead atoms. The van der Waals surface area contributed by atoms with Crippen molar-refractivity contribution in [3.8, 4) is 0 Å². The number of hydrogen-bond donors (Lipinski definition) is 1. The van der Waals surface area contributed by atoms with E-state index in [0.717, 1.165) is 11.3 Å². The van der Waals surface area contributed by atoms with E-state index in [2.05, 4.69) is 10.3 Å². The highest BCUT2D eigenvalue weighted by molar-refractivity contribution is 8.18. The Morgan fingerprint density at radius 2 is 1.60 bits per heavy atom. The first kappa shape index (κ1) is 12.7. The van der Waals surface area contributed by atoms with Gasteiger partial charge in [-0.25, -0.2) is 4.99 Å². The van der Waals surface area contributed by atoms with E-state index in [0.29, 0.717) is 10.1 Å². The van der Waals surface area contributed by atoms with E-state index in [1.807, 2.05) is 66.7 Å². The fourth-order valence-corrected chi connectivity index (χ4v) is 2.64. The Kier molecular flexibility index (Phi) is 3.65. The number of nitrogens with one attached hydrogen (secondary N) is 1. The maximum Gasteiger partial charge on any atom is 0.264 e. The summed E-state index contributed by atoms with van der Waals surface area (Å²) in [5.41, 5.74) is 1.84. The average molecular weight is 280 g/mol. The highest BCUT2D eigenvalue weighted by atomic mass is 32.2. The van der Waals surface area contributed by atoms with Crippen LogP contribution in [0.3, 0.4) is 0 Å². The summed E-state index contributed by atoms with van der Waals surface area (Å²) in [6.45, 7) is 0. The molecule has 0 aliphatic carbocycles. The van der Waals surface area contributed by atoms with Crippen LogP contribution in [0, 0.1) is 0 Å². The number of carbonyl (C=O) groups excluding carboxylic acids is 1. The molecule has 0 aromatic heterocycles. The second kappa shape index (κ2) is 5.75. The van der Waals surface area contributed by atoms with Gasteiger partial charge in [0, 0.05) is 0 Å². The van der Waals surface area contributed by atoms with Crippen LogP contribution in [0.2, 0.25) is 0 Å². The first-order valence-corrected chi connectivity index (χ1v) is 7.02. The molecule has 3 rings (SSSR count). The lowest BCUT2D eigenvalue weighted by Gasteiger charge is -1.95. The lowest BCUT2D eigenvalue weighted by Crippen LogP contribution is -2.19. The van der Waals surface area contributed by atoms with Crippen molar-refractivity contribution < 1.29 is 4.79 Å². The highest BCUT2D eigenvalue weighted by Crippen LogP contribution is 2.27. The Bertz CT molecular complexity index is 678. The molecule has 98 valence electrons. The standard InChI is InChI=1S/C16H12N2OS/c19-15-14(11-12-7-3-1-4-8-12)20-16(18-15)17-13-9-5-2-6-10-13/h1-11H,(H,17,18,19)/b14-11+. The van der Waals surface area contributed by atoms with Gasteiger partial charge in [0.05, 0.1) is 10.6 Å². The molecule has 4 heteroatoms. The number of amides is 1. The van der Waals surface area contributed by atoms with Crippen LogP contribution in [-0.2, 0) is 4.79 Å². The van der Waals surface area contributed by atoms with Gasteiger partial charge in [0.15, 0.2) is 5.17 Å². The van der Waals surface area contributed by atoms with Crippen molar-refractivity contribution in [1.29, 1.82) is 0 Å². The summed E-state index contributed by atoms with van der Waals surface area (Å²) < 4.78 is 0. The van der Waals surface area contributed by atoms with Gasteiger partial charge in [-0.05, 0) is 35.5 Å². The number of nitrogens with zero attached hydrogens (tertiary/aromatic N) is 1. The fraction of sp³-hybridized carbons (Fsp3) is 0. The predicted octanol–water partition coefficient (Wildman–Crippen LogP) is 3.58. The van der Waals surface area contributed by atoms with Gasteiger partial charge in [0.2, 0.25) is 0 Å². The summed E-state index contributed by atoms with van der Waals surface area (Å²) in [5, 5.41) is 3.39. The molecule has 0 unspecified atom stereocenters. The van der Waals surface area contributed by atoms with E-state index in [1.165, 1.54) is 11.8 Å². The van der Waals surface area contributed by atoms with Crippen molar-refractivity contribution >= 4 is 34.6 Å². The smallest absolute Gasteiger partial charge is 0.264 e. The van der Waals surface area contributed by atoms with Gasteiger partial charge < -0.3 is 5.32 Å². The van der Waals surface area contributed by atoms with Gasteiger partial charge >= 0.3 is 0 Å². The molecule has 20 heavy (non-hydrogen) atoms. The number of rotatable bonds is 2. The molecule has 1 aliphatic heterocycles. The molecule has 1 amide bonds. The van der Waals surface area contributed by atoms with E-state index in [1.54, 1.807) is 0 Å². The number of para-hydroxylation sites is 1. The third kappa shape index (κ3) is 2.97. The van der Waals surface area contributed by atoms with Crippen molar-refractivity contribution in [1.82, 2.24) is 5.32 Å². The van der Waals surface area contributed by atoms with E-state index in [4.69, 9.17) is 0 Å². The number of hydrogen-bond acceptors (Lipinski definition) is 3. The maximum atomic E-state index is 11.9. The number of carbonyl (C=O) groups is 1. The molecule has 1 heterocycles. The third-order valence-electron chi connectivity index (χ3n) is 2.74. The van der Waals surface area contributed by atoms with Crippen molar-refractivity contribution in [2.24, 2.45) is 4.99 Å². The summed E-state index contributed by atoms with van der Waals surface area (Å²) in [5.74, 6) is -0.103. The molecule has 2 aromatic carbocycles. The van der Waals surface area contributed by atoms with Crippen LogP contribution >= 0.6 is 11.8 Å². The molecule has 2 aromatic rings. The van der Waals surface area contributed by atoms with Crippen LogP contribution < -0.4 is 5.32 Å². The Morgan fingerprint density at radius 3 is 2.30 bits per heavy atom. The Hall–Kier alpha value is -2.33. The highest BCUT2D eigenvalue weighted by Gasteiger charge is 2.23. The zero-order valence-corrected chi connectivity index (χ0v) is 11.4. The topological polar surface area (TPSA) is 41.5 Å². The summed E-state index contributed by atoms with van der Waals surface area (Å²) in [7, 11) is 0. The molecule has 3 nitrogen and oxygen atoms in total. The quantitative estimate of drug-likeness (QED) is 0.854. The lowest BCUT2D eigenvalue weighted by molar-refractivity contribution is -0.115. The Balaban J connectivity index is 1.83. The maximum absolute atomic E-state index is 11.9. The largest absolute Gasteiger partial charge is 0.300 e. The number of thioether (sulfide) groups is 1. The molecular weight excluding hydrogens is 268 g/mol. The van der Waals surface area contributed by atoms with Crippen molar-refractivity contribution in [3.05, 3.63) is 71.1 Å². The summed E-state index contributed by atoms with van der Waals surface area (Å²) in [6.07, 6.45) is 1.87. The van der Waals surface area contributed by atoms with Crippen LogP contribution in [0.5, 0.6) is 0 Å². The molecule has 1 fully saturated rings. The SMILES string of the molecule is O=C1NC(=Nc2ccccc2)S/C1=C/c1ccccc1. The molecule has 0 saturated carbocycles. The van der Waals surface area contributed by atoms with Crippen molar-refractivity contribution in [2.75, 3.05) is 0 Å². The molecule has 1 N–H and O–H groups in total. The van der Waals surface area contributed by atoms with Crippen LogP contribution in [0.25, 0.3) is 6.08 Å². The van der Waals surface area contributed by atoms with Crippen molar-refractivity contribution in [3.63, 3.8) is 0 Å². The van der Waals surface area contributed by atoms with Gasteiger partial charge in [0.25, 0.3) is 5.91 Å². The Morgan fingerprint density at radius 1 is 0.950 bits per heavy atom. The summed E-state index contributed by atoms with van der Waals surface area (Å²) in [4.78, 5) is 17.0. The zero-order valence-electron chi connectivity index (χ0n) is 10.6. The Labute approximate surface area is 121 Å². The minimum atomic E-state index is -0.103. The van der Waals surface area contributed by atoms with E-state index in [9.17, 15) is 4.79 Å². The second-order valence-corrected chi connectivity index (χ2v) is 5.26. The molecule has 1 saturated heterocycles. The van der Waals surface area contributed by atoms with Gasteiger partial charge in [0.1, 0.15) is 0 Å². The predicted molar refractivity (Wildman–Crippen MR) is 83.7 cm³/mol. The number of benzene rings is 2. The average Bonchev–Trinajstić information content (AvgIpc) is 2.81. The van der Waals surface area contributed by atoms with Crippen molar-refractivity contribution in [2.45, 2.75) is 0 Å². The first-order chi connectivity index (χ1) is 9.81. The van der Waals surface area contributed by atoms with Gasteiger partial charge in [-0.3, -0.25) is 4.79 Å². The third-order valence-corrected chi connectivity index (χ3v) is 3.64. The van der Waals surface area contributed by atoms with Crippen LogP contribution in [0.15, 0.2) is 70.6 Å². The van der Waals surface area contributed by atoms with Gasteiger partial charge in [-0.1, -0.05) is 48.5 Å². The lowest BCUT2D eigenvalue weighted by atomic mass is 10.2. The number of amidine groups is 1. The van der Waals surface area contributed by atoms with Gasteiger partial charge in [-0.15, -0.1) is 0 Å². The molecule has 0 atom stereocenters.